The number of fused-ring (bicyclic) bond motifs is 1. The Kier molecular flexibility index (Phi) is 4.03. The van der Waals surface area contributed by atoms with Crippen molar-refractivity contribution in [1.29, 1.82) is 0 Å². The lowest BCUT2D eigenvalue weighted by Gasteiger charge is -2.30. The second-order valence-corrected chi connectivity index (χ2v) is 5.97. The third-order valence-electron chi connectivity index (χ3n) is 4.10. The molecular weight excluding hydrogens is 282 g/mol. The van der Waals surface area contributed by atoms with E-state index in [-0.39, 0.29) is 12.1 Å². The topological polar surface area (TPSA) is 71.2 Å². The molecule has 2 aromatic rings. The third-order valence-corrected chi connectivity index (χ3v) is 4.32. The van der Waals surface area contributed by atoms with Gasteiger partial charge >= 0.3 is 0 Å². The lowest BCUT2D eigenvalue weighted by atomic mass is 9.92. The lowest BCUT2D eigenvalue weighted by molar-refractivity contribution is 0.116. The Hall–Kier alpha value is -1.72. The van der Waals surface area contributed by atoms with Crippen LogP contribution in [0.1, 0.15) is 31.2 Å². The Bertz CT molecular complexity index is 674. The largest absolute Gasteiger partial charge is 0.391 e. The quantitative estimate of drug-likeness (QED) is 0.760. The van der Waals surface area contributed by atoms with Crippen LogP contribution in [0.2, 0.25) is 0 Å². The van der Waals surface area contributed by atoms with Crippen molar-refractivity contribution < 1.29 is 5.11 Å². The predicted molar refractivity (Wildman–Crippen MR) is 89.5 cm³/mol. The fraction of sp³-hybridized carbons (Fsp3) is 0.375. The van der Waals surface area contributed by atoms with Gasteiger partial charge in [0, 0.05) is 11.6 Å². The molecule has 21 heavy (non-hydrogen) atoms. The van der Waals surface area contributed by atoms with Crippen LogP contribution in [0.5, 0.6) is 0 Å². The van der Waals surface area contributed by atoms with Crippen LogP contribution in [0.4, 0.5) is 5.69 Å². The minimum Gasteiger partial charge on any atom is -0.391 e. The van der Waals surface area contributed by atoms with E-state index >= 15 is 0 Å². The maximum Gasteiger partial charge on any atom is 0.107 e. The third kappa shape index (κ3) is 2.84. The van der Waals surface area contributed by atoms with Gasteiger partial charge in [-0.3, -0.25) is 4.98 Å². The summed E-state index contributed by atoms with van der Waals surface area (Å²) < 4.78 is 0. The molecule has 4 N–H and O–H groups in total. The summed E-state index contributed by atoms with van der Waals surface area (Å²) in [7, 11) is 0. The molecule has 2 unspecified atom stereocenters. The molecule has 0 aliphatic heterocycles. The van der Waals surface area contributed by atoms with Crippen LogP contribution in [-0.2, 0) is 0 Å². The summed E-state index contributed by atoms with van der Waals surface area (Å²) in [6.45, 7) is 0. The van der Waals surface area contributed by atoms with Gasteiger partial charge in [0.1, 0.15) is 4.99 Å². The first-order valence-corrected chi connectivity index (χ1v) is 7.70. The van der Waals surface area contributed by atoms with Crippen LogP contribution in [0.3, 0.4) is 0 Å². The first-order chi connectivity index (χ1) is 10.2. The van der Waals surface area contributed by atoms with Crippen molar-refractivity contribution in [3.8, 4) is 0 Å². The fourth-order valence-corrected chi connectivity index (χ4v) is 3.10. The number of aliphatic hydroxyl groups is 1. The number of pyridine rings is 1. The van der Waals surface area contributed by atoms with E-state index < -0.39 is 0 Å². The van der Waals surface area contributed by atoms with E-state index in [4.69, 9.17) is 18.0 Å². The van der Waals surface area contributed by atoms with Crippen molar-refractivity contribution in [3.05, 3.63) is 36.0 Å². The van der Waals surface area contributed by atoms with E-state index in [1.54, 1.807) is 6.20 Å². The molecule has 1 aliphatic carbocycles. The summed E-state index contributed by atoms with van der Waals surface area (Å²) >= 11 is 5.14. The number of aromatic nitrogens is 1. The number of aliphatic hydroxyl groups excluding tert-OH is 1. The zero-order valence-electron chi connectivity index (χ0n) is 11.7. The van der Waals surface area contributed by atoms with Gasteiger partial charge in [0.2, 0.25) is 0 Å². The lowest BCUT2D eigenvalue weighted by Crippen LogP contribution is -2.37. The molecule has 1 heterocycles. The van der Waals surface area contributed by atoms with Crippen LogP contribution >= 0.6 is 12.2 Å². The van der Waals surface area contributed by atoms with Gasteiger partial charge in [-0.15, -0.1) is 0 Å². The number of benzene rings is 1. The molecule has 1 aromatic heterocycles. The summed E-state index contributed by atoms with van der Waals surface area (Å²) in [5.74, 6) is 0. The van der Waals surface area contributed by atoms with Crippen molar-refractivity contribution in [1.82, 2.24) is 4.98 Å². The van der Waals surface area contributed by atoms with E-state index in [0.29, 0.717) is 4.99 Å². The van der Waals surface area contributed by atoms with E-state index in [0.717, 1.165) is 47.8 Å². The standard InChI is InChI=1S/C16H19N3OS/c17-16(21)11-9-18-12-6-2-1-5-10(12)15(11)19-13-7-3-4-8-14(13)20/h1-2,5-6,9,13-14,20H,3-4,7-8H2,(H2,17,21)(H,18,19). The summed E-state index contributed by atoms with van der Waals surface area (Å²) in [6.07, 6.45) is 5.38. The van der Waals surface area contributed by atoms with E-state index in [9.17, 15) is 5.11 Å². The van der Waals surface area contributed by atoms with Crippen molar-refractivity contribution in [3.63, 3.8) is 0 Å². The molecule has 0 radical (unpaired) electrons. The highest BCUT2D eigenvalue weighted by Gasteiger charge is 2.24. The summed E-state index contributed by atoms with van der Waals surface area (Å²) in [5, 5.41) is 14.6. The Balaban J connectivity index is 2.05. The van der Waals surface area contributed by atoms with Crippen LogP contribution in [-0.4, -0.2) is 27.2 Å². The van der Waals surface area contributed by atoms with Crippen molar-refractivity contribution in [2.45, 2.75) is 37.8 Å². The van der Waals surface area contributed by atoms with Crippen molar-refractivity contribution in [2.24, 2.45) is 5.73 Å². The maximum absolute atomic E-state index is 10.2. The van der Waals surface area contributed by atoms with Gasteiger partial charge in [0.05, 0.1) is 28.9 Å². The Labute approximate surface area is 129 Å². The molecule has 1 aromatic carbocycles. The zero-order valence-corrected chi connectivity index (χ0v) is 12.6. The normalized spacial score (nSPS) is 22.1. The highest BCUT2D eigenvalue weighted by atomic mass is 32.1. The van der Waals surface area contributed by atoms with Gasteiger partial charge in [-0.2, -0.15) is 0 Å². The van der Waals surface area contributed by atoms with Crippen LogP contribution in [0.15, 0.2) is 30.5 Å². The number of nitrogens with one attached hydrogen (secondary N) is 1. The highest BCUT2D eigenvalue weighted by molar-refractivity contribution is 7.80. The van der Waals surface area contributed by atoms with Gasteiger partial charge in [-0.05, 0) is 18.9 Å². The average molecular weight is 301 g/mol. The first kappa shape index (κ1) is 14.2. The van der Waals surface area contributed by atoms with Gasteiger partial charge in [0.15, 0.2) is 0 Å². The van der Waals surface area contributed by atoms with E-state index in [1.807, 2.05) is 24.3 Å². The summed E-state index contributed by atoms with van der Waals surface area (Å²) in [4.78, 5) is 4.73. The van der Waals surface area contributed by atoms with Gasteiger partial charge < -0.3 is 16.2 Å². The molecule has 5 heteroatoms. The molecule has 1 aliphatic rings. The number of anilines is 1. The first-order valence-electron chi connectivity index (χ1n) is 7.29. The minimum atomic E-state index is -0.329. The number of para-hydroxylation sites is 1. The zero-order chi connectivity index (χ0) is 14.8. The number of nitrogens with zero attached hydrogens (tertiary/aromatic N) is 1. The molecule has 0 amide bonds. The Morgan fingerprint density at radius 2 is 2.05 bits per heavy atom. The van der Waals surface area contributed by atoms with Crippen LogP contribution in [0, 0.1) is 0 Å². The molecule has 0 spiro atoms. The predicted octanol–water partition coefficient (Wildman–Crippen LogP) is 2.58. The van der Waals surface area contributed by atoms with Crippen molar-refractivity contribution >= 4 is 33.8 Å². The SMILES string of the molecule is NC(=S)c1cnc2ccccc2c1NC1CCCCC1O. The maximum atomic E-state index is 10.2. The summed E-state index contributed by atoms with van der Waals surface area (Å²) in [5.41, 5.74) is 8.35. The minimum absolute atomic E-state index is 0.0395. The van der Waals surface area contributed by atoms with Crippen molar-refractivity contribution in [2.75, 3.05) is 5.32 Å². The van der Waals surface area contributed by atoms with E-state index in [1.165, 1.54) is 0 Å². The van der Waals surface area contributed by atoms with Gasteiger partial charge in [-0.25, -0.2) is 0 Å². The summed E-state index contributed by atoms with van der Waals surface area (Å²) in [6, 6.07) is 7.92. The van der Waals surface area contributed by atoms with Crippen LogP contribution in [0.25, 0.3) is 10.9 Å². The van der Waals surface area contributed by atoms with Gasteiger partial charge in [0.25, 0.3) is 0 Å². The Morgan fingerprint density at radius 3 is 2.81 bits per heavy atom. The van der Waals surface area contributed by atoms with Gasteiger partial charge in [-0.1, -0.05) is 43.3 Å². The molecule has 4 nitrogen and oxygen atoms in total. The van der Waals surface area contributed by atoms with E-state index in [2.05, 4.69) is 10.3 Å². The number of hydrogen-bond donors (Lipinski definition) is 3. The molecular formula is C16H19N3OS. The number of rotatable bonds is 3. The molecule has 1 saturated carbocycles. The fourth-order valence-electron chi connectivity index (χ4n) is 2.95. The molecule has 1 fully saturated rings. The highest BCUT2D eigenvalue weighted by Crippen LogP contribution is 2.29. The number of hydrogen-bond acceptors (Lipinski definition) is 4. The second kappa shape index (κ2) is 5.95. The second-order valence-electron chi connectivity index (χ2n) is 5.53. The number of thiocarbonyl (C=S) groups is 1. The smallest absolute Gasteiger partial charge is 0.107 e. The molecule has 2 atom stereocenters. The molecule has 110 valence electrons. The Morgan fingerprint density at radius 1 is 1.29 bits per heavy atom. The molecule has 0 saturated heterocycles. The molecule has 3 rings (SSSR count). The average Bonchev–Trinajstić information content (AvgIpc) is 2.49. The monoisotopic (exact) mass is 301 g/mol. The molecule has 0 bridgehead atoms. The van der Waals surface area contributed by atoms with Crippen LogP contribution < -0.4 is 11.1 Å². The number of nitrogens with two attached hydrogens (primary N) is 1.